The largest absolute Gasteiger partial charge is 0.480 e. The fraction of sp³-hybridized carbons (Fsp3) is 0.733. The quantitative estimate of drug-likeness (QED) is 0.262. The summed E-state index contributed by atoms with van der Waals surface area (Å²) in [6.45, 7) is 6.45. The summed E-state index contributed by atoms with van der Waals surface area (Å²) < 4.78 is 0. The van der Waals surface area contributed by atoms with Gasteiger partial charge in [-0.3, -0.25) is 14.4 Å². The zero-order valence-corrected chi connectivity index (χ0v) is 15.8. The molecule has 25 heavy (non-hydrogen) atoms. The van der Waals surface area contributed by atoms with Crippen molar-refractivity contribution in [2.75, 3.05) is 12.3 Å². The van der Waals surface area contributed by atoms with Crippen molar-refractivity contribution in [1.82, 2.24) is 16.0 Å². The fourth-order valence-corrected chi connectivity index (χ4v) is 2.05. The zero-order valence-electron chi connectivity index (χ0n) is 14.9. The van der Waals surface area contributed by atoms with Gasteiger partial charge in [0.1, 0.15) is 12.1 Å². The van der Waals surface area contributed by atoms with Gasteiger partial charge >= 0.3 is 5.97 Å². The van der Waals surface area contributed by atoms with Crippen molar-refractivity contribution in [2.45, 2.75) is 45.8 Å². The fourth-order valence-electron chi connectivity index (χ4n) is 1.79. The van der Waals surface area contributed by atoms with Crippen LogP contribution in [0.5, 0.6) is 0 Å². The first-order valence-electron chi connectivity index (χ1n) is 7.97. The molecule has 6 N–H and O–H groups in total. The normalized spacial score (nSPS) is 14.6. The lowest BCUT2D eigenvalue weighted by atomic mass is 10.0. The number of carbonyl (C=O) groups is 4. The van der Waals surface area contributed by atoms with Crippen LogP contribution >= 0.6 is 12.6 Å². The summed E-state index contributed by atoms with van der Waals surface area (Å²) in [4.78, 5) is 46.8. The number of hydrogen-bond donors (Lipinski definition) is 6. The van der Waals surface area contributed by atoms with Crippen LogP contribution in [0.1, 0.15) is 27.7 Å². The molecule has 0 spiro atoms. The molecule has 0 aliphatic rings. The van der Waals surface area contributed by atoms with Gasteiger partial charge in [-0.1, -0.05) is 27.7 Å². The van der Waals surface area contributed by atoms with E-state index in [-0.39, 0.29) is 17.6 Å². The van der Waals surface area contributed by atoms with Gasteiger partial charge in [-0.05, 0) is 11.8 Å². The topological polar surface area (TPSA) is 151 Å². The Morgan fingerprint density at radius 1 is 1.00 bits per heavy atom. The van der Waals surface area contributed by atoms with Crippen LogP contribution < -0.4 is 21.7 Å². The van der Waals surface area contributed by atoms with Crippen molar-refractivity contribution >= 4 is 36.3 Å². The highest BCUT2D eigenvalue weighted by Gasteiger charge is 2.26. The third-order valence-electron chi connectivity index (χ3n) is 3.51. The number of thiol groups is 1. The lowest BCUT2D eigenvalue weighted by Crippen LogP contribution is -2.55. The van der Waals surface area contributed by atoms with Crippen LogP contribution in [0.4, 0.5) is 0 Å². The second-order valence-corrected chi connectivity index (χ2v) is 6.72. The number of amides is 3. The van der Waals surface area contributed by atoms with Gasteiger partial charge in [0.15, 0.2) is 0 Å². The summed E-state index contributed by atoms with van der Waals surface area (Å²) in [6.07, 6.45) is 0. The van der Waals surface area contributed by atoms with Gasteiger partial charge in [0.25, 0.3) is 0 Å². The van der Waals surface area contributed by atoms with Crippen LogP contribution in [0.15, 0.2) is 0 Å². The van der Waals surface area contributed by atoms with Gasteiger partial charge < -0.3 is 26.8 Å². The first-order chi connectivity index (χ1) is 11.5. The molecule has 0 aromatic rings. The molecule has 0 radical (unpaired) electrons. The lowest BCUT2D eigenvalue weighted by molar-refractivity contribution is -0.143. The number of carboxylic acid groups (broad SMARTS) is 1. The molecule has 0 rings (SSSR count). The Labute approximate surface area is 152 Å². The molecule has 0 aromatic carbocycles. The first-order valence-corrected chi connectivity index (χ1v) is 8.61. The van der Waals surface area contributed by atoms with E-state index >= 15 is 0 Å². The van der Waals surface area contributed by atoms with E-state index in [1.54, 1.807) is 27.7 Å². The van der Waals surface area contributed by atoms with Gasteiger partial charge in [0.2, 0.25) is 17.7 Å². The van der Waals surface area contributed by atoms with E-state index in [0.717, 1.165) is 0 Å². The number of carbonyl (C=O) groups excluding carboxylic acids is 3. The molecule has 3 atom stereocenters. The molecule has 144 valence electrons. The summed E-state index contributed by atoms with van der Waals surface area (Å²) in [5.74, 6) is -3.27. The molecular formula is C15H28N4O5S. The number of aliphatic carboxylic acids is 1. The summed E-state index contributed by atoms with van der Waals surface area (Å²) in [5.41, 5.74) is 5.71. The van der Waals surface area contributed by atoms with Crippen LogP contribution in [-0.4, -0.2) is 59.2 Å². The average molecular weight is 376 g/mol. The van der Waals surface area contributed by atoms with Crippen molar-refractivity contribution in [3.63, 3.8) is 0 Å². The Kier molecular flexibility index (Phi) is 10.1. The van der Waals surface area contributed by atoms with E-state index < -0.39 is 48.4 Å². The first kappa shape index (κ1) is 23.2. The summed E-state index contributed by atoms with van der Waals surface area (Å²) in [6, 6.07) is -2.76. The predicted octanol–water partition coefficient (Wildman–Crippen LogP) is -1.27. The standard InChI is InChI=1S/C15H28N4O5S/c1-7(2)11(16)14(22)18-9(6-25)13(21)17-5-10(20)19-12(8(3)4)15(23)24/h7-9,11-12,25H,5-6,16H2,1-4H3,(H,17,21)(H,18,22)(H,19,20)(H,23,24). The van der Waals surface area contributed by atoms with Crippen LogP contribution in [0, 0.1) is 11.8 Å². The highest BCUT2D eigenvalue weighted by atomic mass is 32.1. The maximum absolute atomic E-state index is 12.0. The van der Waals surface area contributed by atoms with E-state index in [1.807, 2.05) is 0 Å². The zero-order chi connectivity index (χ0) is 19.7. The molecule has 9 nitrogen and oxygen atoms in total. The number of carboxylic acids is 1. The lowest BCUT2D eigenvalue weighted by Gasteiger charge is -2.21. The number of hydrogen-bond acceptors (Lipinski definition) is 6. The summed E-state index contributed by atoms with van der Waals surface area (Å²) in [5, 5.41) is 16.2. The molecule has 0 heterocycles. The van der Waals surface area contributed by atoms with Crippen LogP contribution in [0.25, 0.3) is 0 Å². The molecular weight excluding hydrogens is 348 g/mol. The van der Waals surface area contributed by atoms with Crippen molar-refractivity contribution in [3.8, 4) is 0 Å². The van der Waals surface area contributed by atoms with E-state index in [4.69, 9.17) is 10.8 Å². The second-order valence-electron chi connectivity index (χ2n) is 6.36. The SMILES string of the molecule is CC(C)C(N)C(=O)NC(CS)C(=O)NCC(=O)NC(C(=O)O)C(C)C. The molecule has 3 unspecified atom stereocenters. The van der Waals surface area contributed by atoms with Crippen LogP contribution in [0.3, 0.4) is 0 Å². The molecule has 0 bridgehead atoms. The maximum Gasteiger partial charge on any atom is 0.326 e. The van der Waals surface area contributed by atoms with Crippen LogP contribution in [0.2, 0.25) is 0 Å². The molecule has 0 aliphatic carbocycles. The average Bonchev–Trinajstić information content (AvgIpc) is 2.53. The third kappa shape index (κ3) is 8.21. The highest BCUT2D eigenvalue weighted by Crippen LogP contribution is 2.01. The van der Waals surface area contributed by atoms with E-state index in [9.17, 15) is 19.2 Å². The minimum atomic E-state index is -1.15. The van der Waals surface area contributed by atoms with Gasteiger partial charge in [-0.25, -0.2) is 4.79 Å². The smallest absolute Gasteiger partial charge is 0.326 e. The van der Waals surface area contributed by atoms with Crippen molar-refractivity contribution < 1.29 is 24.3 Å². The Balaban J connectivity index is 4.57. The van der Waals surface area contributed by atoms with Gasteiger partial charge in [-0.2, -0.15) is 12.6 Å². The van der Waals surface area contributed by atoms with Crippen molar-refractivity contribution in [2.24, 2.45) is 17.6 Å². The Bertz CT molecular complexity index is 498. The van der Waals surface area contributed by atoms with Crippen LogP contribution in [-0.2, 0) is 19.2 Å². The van der Waals surface area contributed by atoms with E-state index in [0.29, 0.717) is 0 Å². The van der Waals surface area contributed by atoms with Gasteiger partial charge in [-0.15, -0.1) is 0 Å². The Morgan fingerprint density at radius 2 is 1.56 bits per heavy atom. The minimum Gasteiger partial charge on any atom is -0.480 e. The highest BCUT2D eigenvalue weighted by molar-refractivity contribution is 7.80. The molecule has 0 aromatic heterocycles. The maximum atomic E-state index is 12.0. The molecule has 0 fully saturated rings. The number of nitrogens with two attached hydrogens (primary N) is 1. The van der Waals surface area contributed by atoms with E-state index in [2.05, 4.69) is 28.6 Å². The minimum absolute atomic E-state index is 0.0216. The van der Waals surface area contributed by atoms with Gasteiger partial charge in [0.05, 0.1) is 12.6 Å². The molecule has 0 saturated carbocycles. The van der Waals surface area contributed by atoms with Crippen molar-refractivity contribution in [3.05, 3.63) is 0 Å². The second kappa shape index (κ2) is 10.9. The van der Waals surface area contributed by atoms with E-state index in [1.165, 1.54) is 0 Å². The number of rotatable bonds is 10. The predicted molar refractivity (Wildman–Crippen MR) is 96.0 cm³/mol. The Morgan fingerprint density at radius 3 is 1.96 bits per heavy atom. The number of nitrogens with one attached hydrogen (secondary N) is 3. The monoisotopic (exact) mass is 376 g/mol. The third-order valence-corrected chi connectivity index (χ3v) is 3.87. The Hall–Kier alpha value is -1.81. The summed E-state index contributed by atoms with van der Waals surface area (Å²) >= 11 is 4.01. The summed E-state index contributed by atoms with van der Waals surface area (Å²) in [7, 11) is 0. The molecule has 3 amide bonds. The molecule has 10 heteroatoms. The molecule has 0 aliphatic heterocycles. The van der Waals surface area contributed by atoms with Gasteiger partial charge in [0, 0.05) is 5.75 Å². The molecule has 0 saturated heterocycles. The van der Waals surface area contributed by atoms with Crippen molar-refractivity contribution in [1.29, 1.82) is 0 Å².